The van der Waals surface area contributed by atoms with E-state index < -0.39 is 5.60 Å². The number of nitrogens with two attached hydrogens (primary N) is 1. The Balaban J connectivity index is 1.74. The number of ether oxygens (including phenoxy) is 1. The molecule has 0 fully saturated rings. The standard InChI is InChI=1S/C19H18N4O3/c1-19(2)18(25)23(17-15(26-19)7-8-16(20)22-17)10-14(24)12-9-21-13-6-4-3-5-11(12)13/h3-9,21H,10H2,1-2H3,(H2,20,22). The molecule has 7 heteroatoms. The monoisotopic (exact) mass is 350 g/mol. The van der Waals surface area contributed by atoms with Crippen molar-refractivity contribution in [2.24, 2.45) is 0 Å². The molecule has 0 spiro atoms. The molecule has 0 radical (unpaired) electrons. The summed E-state index contributed by atoms with van der Waals surface area (Å²) >= 11 is 0. The number of hydrogen-bond donors (Lipinski definition) is 2. The first-order chi connectivity index (χ1) is 12.4. The maximum Gasteiger partial charge on any atom is 0.272 e. The number of fused-ring (bicyclic) bond motifs is 2. The molecule has 0 saturated carbocycles. The van der Waals surface area contributed by atoms with Crippen LogP contribution in [-0.2, 0) is 4.79 Å². The number of benzene rings is 1. The maximum absolute atomic E-state index is 12.9. The number of pyridine rings is 1. The van der Waals surface area contributed by atoms with Gasteiger partial charge in [-0.05, 0) is 32.0 Å². The third kappa shape index (κ3) is 2.48. The number of aromatic nitrogens is 2. The second kappa shape index (κ2) is 5.59. The van der Waals surface area contributed by atoms with E-state index in [0.717, 1.165) is 10.9 Å². The van der Waals surface area contributed by atoms with Crippen LogP contribution in [0.3, 0.4) is 0 Å². The number of para-hydroxylation sites is 1. The lowest BCUT2D eigenvalue weighted by Crippen LogP contribution is -2.54. The molecular formula is C19H18N4O3. The van der Waals surface area contributed by atoms with Crippen LogP contribution in [0.15, 0.2) is 42.6 Å². The number of anilines is 2. The summed E-state index contributed by atoms with van der Waals surface area (Å²) in [4.78, 5) is 34.4. The number of carbonyl (C=O) groups is 2. The normalized spacial score (nSPS) is 15.6. The van der Waals surface area contributed by atoms with Crippen molar-refractivity contribution < 1.29 is 14.3 Å². The average molecular weight is 350 g/mol. The maximum atomic E-state index is 12.9. The van der Waals surface area contributed by atoms with Gasteiger partial charge in [0.15, 0.2) is 23.0 Å². The van der Waals surface area contributed by atoms with Crippen molar-refractivity contribution in [2.75, 3.05) is 17.2 Å². The molecule has 2 aromatic heterocycles. The third-order valence-electron chi connectivity index (χ3n) is 4.43. The fourth-order valence-corrected chi connectivity index (χ4v) is 3.14. The number of aromatic amines is 1. The van der Waals surface area contributed by atoms with Crippen LogP contribution in [-0.4, -0.2) is 33.8 Å². The predicted molar refractivity (Wildman–Crippen MR) is 98.3 cm³/mol. The van der Waals surface area contributed by atoms with E-state index in [1.807, 2.05) is 24.3 Å². The lowest BCUT2D eigenvalue weighted by Gasteiger charge is -2.37. The van der Waals surface area contributed by atoms with E-state index in [9.17, 15) is 9.59 Å². The number of nitrogens with one attached hydrogen (secondary N) is 1. The minimum atomic E-state index is -1.09. The Morgan fingerprint density at radius 3 is 2.85 bits per heavy atom. The van der Waals surface area contributed by atoms with Gasteiger partial charge in [0.25, 0.3) is 5.91 Å². The number of amides is 1. The van der Waals surface area contributed by atoms with Gasteiger partial charge >= 0.3 is 0 Å². The van der Waals surface area contributed by atoms with Crippen LogP contribution in [0.5, 0.6) is 5.75 Å². The zero-order chi connectivity index (χ0) is 18.5. The van der Waals surface area contributed by atoms with Crippen molar-refractivity contribution in [1.82, 2.24) is 9.97 Å². The van der Waals surface area contributed by atoms with Crippen LogP contribution in [0, 0.1) is 0 Å². The molecule has 0 atom stereocenters. The highest BCUT2D eigenvalue weighted by atomic mass is 16.5. The van der Waals surface area contributed by atoms with Crippen LogP contribution in [0.2, 0.25) is 0 Å². The Labute approximate surface area is 149 Å². The summed E-state index contributed by atoms with van der Waals surface area (Å²) in [5.74, 6) is 0.419. The predicted octanol–water partition coefficient (Wildman–Crippen LogP) is 2.53. The van der Waals surface area contributed by atoms with Crippen molar-refractivity contribution in [3.05, 3.63) is 48.2 Å². The van der Waals surface area contributed by atoms with E-state index in [1.54, 1.807) is 32.2 Å². The van der Waals surface area contributed by atoms with Crippen molar-refractivity contribution in [1.29, 1.82) is 0 Å². The molecule has 26 heavy (non-hydrogen) atoms. The molecule has 3 N–H and O–H groups in total. The summed E-state index contributed by atoms with van der Waals surface area (Å²) in [5.41, 5.74) is 6.07. The molecule has 7 nitrogen and oxygen atoms in total. The van der Waals surface area contributed by atoms with E-state index in [0.29, 0.717) is 11.3 Å². The Morgan fingerprint density at radius 2 is 2.04 bits per heavy atom. The summed E-state index contributed by atoms with van der Waals surface area (Å²) < 4.78 is 5.73. The Bertz CT molecular complexity index is 1040. The number of hydrogen-bond acceptors (Lipinski definition) is 5. The van der Waals surface area contributed by atoms with Crippen molar-refractivity contribution in [3.8, 4) is 5.75 Å². The number of nitrogens with zero attached hydrogens (tertiary/aromatic N) is 2. The number of carbonyl (C=O) groups excluding carboxylic acids is 2. The Morgan fingerprint density at radius 1 is 1.27 bits per heavy atom. The minimum Gasteiger partial charge on any atom is -0.474 e. The van der Waals surface area contributed by atoms with E-state index in [2.05, 4.69) is 9.97 Å². The van der Waals surface area contributed by atoms with Gasteiger partial charge in [-0.15, -0.1) is 0 Å². The quantitative estimate of drug-likeness (QED) is 0.707. The molecule has 1 amide bonds. The van der Waals surface area contributed by atoms with Gasteiger partial charge in [0.05, 0.1) is 6.54 Å². The van der Waals surface area contributed by atoms with Crippen molar-refractivity contribution in [3.63, 3.8) is 0 Å². The lowest BCUT2D eigenvalue weighted by molar-refractivity contribution is -0.132. The lowest BCUT2D eigenvalue weighted by atomic mass is 10.0. The van der Waals surface area contributed by atoms with E-state index >= 15 is 0 Å². The first-order valence-corrected chi connectivity index (χ1v) is 8.23. The molecule has 0 aliphatic carbocycles. The van der Waals surface area contributed by atoms with Crippen molar-refractivity contribution in [2.45, 2.75) is 19.4 Å². The minimum absolute atomic E-state index is 0.142. The van der Waals surface area contributed by atoms with Gasteiger partial charge in [0.2, 0.25) is 0 Å². The van der Waals surface area contributed by atoms with Gasteiger partial charge in [-0.3, -0.25) is 14.5 Å². The Hall–Kier alpha value is -3.35. The molecule has 0 saturated heterocycles. The number of ketones is 1. The highest BCUT2D eigenvalue weighted by Gasteiger charge is 2.42. The SMILES string of the molecule is CC1(C)Oc2ccc(N)nc2N(CC(=O)c2c[nH]c3ccccc23)C1=O. The van der Waals surface area contributed by atoms with Crippen LogP contribution in [0.4, 0.5) is 11.6 Å². The summed E-state index contributed by atoms with van der Waals surface area (Å²) in [6.45, 7) is 3.19. The van der Waals surface area contributed by atoms with Gasteiger partial charge in [-0.25, -0.2) is 4.98 Å². The molecular weight excluding hydrogens is 332 g/mol. The largest absolute Gasteiger partial charge is 0.474 e. The third-order valence-corrected chi connectivity index (χ3v) is 4.43. The molecule has 1 aliphatic rings. The molecule has 3 aromatic rings. The van der Waals surface area contributed by atoms with E-state index in [1.165, 1.54) is 4.90 Å². The molecule has 132 valence electrons. The highest BCUT2D eigenvalue weighted by Crippen LogP contribution is 2.37. The molecule has 1 aromatic carbocycles. The zero-order valence-corrected chi connectivity index (χ0v) is 14.4. The van der Waals surface area contributed by atoms with Crippen LogP contribution < -0.4 is 15.4 Å². The highest BCUT2D eigenvalue weighted by molar-refractivity contribution is 6.13. The summed E-state index contributed by atoms with van der Waals surface area (Å²) in [7, 11) is 0. The van der Waals surface area contributed by atoms with E-state index in [4.69, 9.17) is 10.5 Å². The molecule has 1 aliphatic heterocycles. The first kappa shape index (κ1) is 16.1. The smallest absolute Gasteiger partial charge is 0.272 e. The fourth-order valence-electron chi connectivity index (χ4n) is 3.14. The second-order valence-electron chi connectivity index (χ2n) is 6.73. The summed E-state index contributed by atoms with van der Waals surface area (Å²) in [6, 6.07) is 10.8. The molecule has 0 unspecified atom stereocenters. The van der Waals surface area contributed by atoms with Gasteiger partial charge in [0, 0.05) is 22.7 Å². The van der Waals surface area contributed by atoms with Crippen LogP contribution in [0.1, 0.15) is 24.2 Å². The summed E-state index contributed by atoms with van der Waals surface area (Å²) in [6.07, 6.45) is 1.66. The van der Waals surface area contributed by atoms with E-state index in [-0.39, 0.29) is 29.9 Å². The van der Waals surface area contributed by atoms with Crippen molar-refractivity contribution >= 4 is 34.2 Å². The number of Topliss-reactive ketones (excluding diaryl/α,β-unsaturated/α-hetero) is 1. The number of rotatable bonds is 3. The molecule has 4 rings (SSSR count). The number of nitrogen functional groups attached to an aromatic ring is 1. The fraction of sp³-hybridized carbons (Fsp3) is 0.211. The van der Waals surface area contributed by atoms with Gasteiger partial charge in [-0.1, -0.05) is 18.2 Å². The average Bonchev–Trinajstić information content (AvgIpc) is 3.03. The topological polar surface area (TPSA) is 101 Å². The zero-order valence-electron chi connectivity index (χ0n) is 14.4. The second-order valence-corrected chi connectivity index (χ2v) is 6.73. The number of H-pyrrole nitrogens is 1. The van der Waals surface area contributed by atoms with Gasteiger partial charge < -0.3 is 15.5 Å². The first-order valence-electron chi connectivity index (χ1n) is 8.23. The Kier molecular flexibility index (Phi) is 3.47. The van der Waals surface area contributed by atoms with Gasteiger partial charge in [-0.2, -0.15) is 0 Å². The molecule has 0 bridgehead atoms. The van der Waals surface area contributed by atoms with Crippen LogP contribution in [0.25, 0.3) is 10.9 Å². The van der Waals surface area contributed by atoms with Gasteiger partial charge in [0.1, 0.15) is 5.82 Å². The summed E-state index contributed by atoms with van der Waals surface area (Å²) in [5, 5.41) is 0.818. The molecule has 3 heterocycles. The van der Waals surface area contributed by atoms with Crippen LogP contribution >= 0.6 is 0 Å².